The van der Waals surface area contributed by atoms with Crippen LogP contribution in [0, 0.1) is 11.7 Å². The van der Waals surface area contributed by atoms with Gasteiger partial charge >= 0.3 is 0 Å². The molecule has 2 unspecified atom stereocenters. The van der Waals surface area contributed by atoms with Crippen LogP contribution in [0.1, 0.15) is 44.7 Å². The molecular formula is C17H26BrFN2. The van der Waals surface area contributed by atoms with Gasteiger partial charge in [0.25, 0.3) is 0 Å². The molecule has 1 N–H and O–H groups in total. The van der Waals surface area contributed by atoms with Gasteiger partial charge in [-0.15, -0.1) is 0 Å². The molecule has 0 bridgehead atoms. The lowest BCUT2D eigenvalue weighted by Gasteiger charge is -2.34. The SMILES string of the molecule is CC(C)NCC1CCCCN(C)C1c1cc(F)ccc1Br. The van der Waals surface area contributed by atoms with Crippen LogP contribution in [0.25, 0.3) is 0 Å². The molecule has 118 valence electrons. The van der Waals surface area contributed by atoms with E-state index >= 15 is 0 Å². The topological polar surface area (TPSA) is 15.3 Å². The van der Waals surface area contributed by atoms with Crippen molar-refractivity contribution in [2.24, 2.45) is 5.92 Å². The molecule has 1 aromatic carbocycles. The summed E-state index contributed by atoms with van der Waals surface area (Å²) in [4.78, 5) is 2.39. The summed E-state index contributed by atoms with van der Waals surface area (Å²) in [6.45, 7) is 6.41. The minimum Gasteiger partial charge on any atom is -0.314 e. The van der Waals surface area contributed by atoms with Crippen LogP contribution in [-0.4, -0.2) is 31.1 Å². The molecule has 1 aromatic rings. The summed E-state index contributed by atoms with van der Waals surface area (Å²) in [5.41, 5.74) is 1.08. The average Bonchev–Trinajstić information content (AvgIpc) is 2.61. The van der Waals surface area contributed by atoms with Crippen molar-refractivity contribution in [2.45, 2.75) is 45.2 Å². The van der Waals surface area contributed by atoms with Gasteiger partial charge in [0.15, 0.2) is 0 Å². The fourth-order valence-corrected chi connectivity index (χ4v) is 3.74. The van der Waals surface area contributed by atoms with Gasteiger partial charge in [0, 0.05) is 23.1 Å². The predicted molar refractivity (Wildman–Crippen MR) is 90.0 cm³/mol. The lowest BCUT2D eigenvalue weighted by molar-refractivity contribution is 0.186. The fourth-order valence-electron chi connectivity index (χ4n) is 3.26. The molecule has 0 spiro atoms. The van der Waals surface area contributed by atoms with Crippen molar-refractivity contribution in [3.05, 3.63) is 34.1 Å². The molecule has 1 heterocycles. The van der Waals surface area contributed by atoms with Crippen molar-refractivity contribution >= 4 is 15.9 Å². The molecule has 1 fully saturated rings. The lowest BCUT2D eigenvalue weighted by atomic mass is 9.89. The van der Waals surface area contributed by atoms with Gasteiger partial charge in [-0.2, -0.15) is 0 Å². The van der Waals surface area contributed by atoms with Gasteiger partial charge in [-0.05, 0) is 56.1 Å². The number of rotatable bonds is 4. The van der Waals surface area contributed by atoms with E-state index in [1.807, 2.05) is 6.07 Å². The van der Waals surface area contributed by atoms with Gasteiger partial charge in [-0.3, -0.25) is 4.90 Å². The Bertz CT molecular complexity index is 464. The number of likely N-dealkylation sites (tertiary alicyclic amines) is 1. The number of nitrogens with one attached hydrogen (secondary N) is 1. The van der Waals surface area contributed by atoms with E-state index in [1.165, 1.54) is 25.3 Å². The molecule has 21 heavy (non-hydrogen) atoms. The minimum absolute atomic E-state index is 0.151. The molecule has 2 rings (SSSR count). The van der Waals surface area contributed by atoms with Crippen molar-refractivity contribution in [2.75, 3.05) is 20.1 Å². The summed E-state index contributed by atoms with van der Waals surface area (Å²) in [5.74, 6) is 0.361. The molecule has 1 saturated heterocycles. The average molecular weight is 357 g/mol. The van der Waals surface area contributed by atoms with Crippen molar-refractivity contribution in [3.63, 3.8) is 0 Å². The summed E-state index contributed by atoms with van der Waals surface area (Å²) < 4.78 is 14.7. The summed E-state index contributed by atoms with van der Waals surface area (Å²) in [6.07, 6.45) is 3.66. The van der Waals surface area contributed by atoms with Gasteiger partial charge in [-0.25, -0.2) is 4.39 Å². The Kier molecular flexibility index (Phi) is 6.20. The first kappa shape index (κ1) is 16.9. The van der Waals surface area contributed by atoms with Crippen molar-refractivity contribution in [1.29, 1.82) is 0 Å². The van der Waals surface area contributed by atoms with E-state index in [9.17, 15) is 4.39 Å². The number of halogens is 2. The van der Waals surface area contributed by atoms with Crippen LogP contribution in [0.15, 0.2) is 22.7 Å². The number of hydrogen-bond acceptors (Lipinski definition) is 2. The summed E-state index contributed by atoms with van der Waals surface area (Å²) in [6, 6.07) is 5.79. The van der Waals surface area contributed by atoms with Gasteiger partial charge in [-0.1, -0.05) is 36.2 Å². The Hall–Kier alpha value is -0.450. The van der Waals surface area contributed by atoms with E-state index in [0.29, 0.717) is 12.0 Å². The molecule has 4 heteroatoms. The molecule has 0 aromatic heterocycles. The van der Waals surface area contributed by atoms with Gasteiger partial charge in [0.05, 0.1) is 0 Å². The predicted octanol–water partition coefficient (Wildman–Crippen LogP) is 4.36. The molecule has 1 aliphatic heterocycles. The van der Waals surface area contributed by atoms with Gasteiger partial charge < -0.3 is 5.32 Å². The van der Waals surface area contributed by atoms with Gasteiger partial charge in [0.1, 0.15) is 5.82 Å². The molecule has 2 nitrogen and oxygen atoms in total. The van der Waals surface area contributed by atoms with E-state index in [-0.39, 0.29) is 11.9 Å². The smallest absolute Gasteiger partial charge is 0.123 e. The number of benzene rings is 1. The van der Waals surface area contributed by atoms with E-state index in [2.05, 4.69) is 47.0 Å². The third kappa shape index (κ3) is 4.51. The van der Waals surface area contributed by atoms with Crippen molar-refractivity contribution in [1.82, 2.24) is 10.2 Å². The monoisotopic (exact) mass is 356 g/mol. The number of nitrogens with zero attached hydrogens (tertiary/aromatic N) is 1. The zero-order chi connectivity index (χ0) is 15.4. The molecular weight excluding hydrogens is 331 g/mol. The van der Waals surface area contributed by atoms with Crippen LogP contribution in [0.4, 0.5) is 4.39 Å². The van der Waals surface area contributed by atoms with Crippen LogP contribution in [0.3, 0.4) is 0 Å². The van der Waals surface area contributed by atoms with Crippen LogP contribution < -0.4 is 5.32 Å². The normalized spacial score (nSPS) is 24.3. The third-order valence-electron chi connectivity index (χ3n) is 4.32. The molecule has 1 aliphatic rings. The quantitative estimate of drug-likeness (QED) is 0.861. The Morgan fingerprint density at radius 1 is 1.38 bits per heavy atom. The van der Waals surface area contributed by atoms with Crippen LogP contribution in [-0.2, 0) is 0 Å². The van der Waals surface area contributed by atoms with Crippen molar-refractivity contribution < 1.29 is 4.39 Å². The van der Waals surface area contributed by atoms with Crippen LogP contribution in [0.5, 0.6) is 0 Å². The maximum absolute atomic E-state index is 13.7. The lowest BCUT2D eigenvalue weighted by Crippen LogP contribution is -2.37. The van der Waals surface area contributed by atoms with E-state index in [1.54, 1.807) is 6.07 Å². The highest BCUT2D eigenvalue weighted by Crippen LogP contribution is 2.37. The van der Waals surface area contributed by atoms with Crippen LogP contribution >= 0.6 is 15.9 Å². The van der Waals surface area contributed by atoms with Gasteiger partial charge in [0.2, 0.25) is 0 Å². The van der Waals surface area contributed by atoms with Crippen LogP contribution in [0.2, 0.25) is 0 Å². The zero-order valence-electron chi connectivity index (χ0n) is 13.2. The first-order valence-electron chi connectivity index (χ1n) is 7.87. The maximum atomic E-state index is 13.7. The van der Waals surface area contributed by atoms with Crippen molar-refractivity contribution in [3.8, 4) is 0 Å². The number of hydrogen-bond donors (Lipinski definition) is 1. The summed E-state index contributed by atoms with van der Waals surface area (Å²) in [5, 5.41) is 3.56. The highest BCUT2D eigenvalue weighted by Gasteiger charge is 2.30. The second-order valence-corrected chi connectivity index (χ2v) is 7.26. The van der Waals surface area contributed by atoms with E-state index in [0.717, 1.165) is 23.1 Å². The molecule has 0 amide bonds. The zero-order valence-corrected chi connectivity index (χ0v) is 14.8. The summed E-state index contributed by atoms with van der Waals surface area (Å²) in [7, 11) is 2.16. The largest absolute Gasteiger partial charge is 0.314 e. The molecule has 2 atom stereocenters. The Morgan fingerprint density at radius 3 is 2.86 bits per heavy atom. The Labute approximate surface area is 136 Å². The second-order valence-electron chi connectivity index (χ2n) is 6.41. The summed E-state index contributed by atoms with van der Waals surface area (Å²) >= 11 is 3.61. The third-order valence-corrected chi connectivity index (χ3v) is 5.04. The molecule has 0 radical (unpaired) electrons. The molecule has 0 aliphatic carbocycles. The standard InChI is InChI=1S/C17H26BrFN2/c1-12(2)20-11-13-6-4-5-9-21(3)17(13)15-10-14(19)7-8-16(15)18/h7-8,10,12-13,17,20H,4-6,9,11H2,1-3H3. The first-order chi connectivity index (χ1) is 9.99. The Morgan fingerprint density at radius 2 is 2.14 bits per heavy atom. The first-order valence-corrected chi connectivity index (χ1v) is 8.67. The Balaban J connectivity index is 2.29. The maximum Gasteiger partial charge on any atom is 0.123 e. The minimum atomic E-state index is -0.151. The fraction of sp³-hybridized carbons (Fsp3) is 0.647. The highest BCUT2D eigenvalue weighted by molar-refractivity contribution is 9.10. The highest BCUT2D eigenvalue weighted by atomic mass is 79.9. The van der Waals surface area contributed by atoms with E-state index in [4.69, 9.17) is 0 Å². The molecule has 0 saturated carbocycles. The van der Waals surface area contributed by atoms with E-state index < -0.39 is 0 Å². The second kappa shape index (κ2) is 7.70.